The van der Waals surface area contributed by atoms with E-state index in [1.807, 2.05) is 0 Å². The Bertz CT molecular complexity index is 842. The summed E-state index contributed by atoms with van der Waals surface area (Å²) < 4.78 is 2.10. The number of hydrogen-bond donors (Lipinski definition) is 0. The zero-order valence-electron chi connectivity index (χ0n) is 15.6. The Morgan fingerprint density at radius 1 is 0.893 bits per heavy atom. The van der Waals surface area contributed by atoms with Gasteiger partial charge in [0.2, 0.25) is 0 Å². The van der Waals surface area contributed by atoms with Crippen LogP contribution in [0.25, 0.3) is 0 Å². The van der Waals surface area contributed by atoms with Crippen molar-refractivity contribution < 1.29 is 13.8 Å². The van der Waals surface area contributed by atoms with E-state index in [0.717, 1.165) is 10.1 Å². The van der Waals surface area contributed by atoms with E-state index in [2.05, 4.69) is 86.2 Å². The molecule has 28 heavy (non-hydrogen) atoms. The van der Waals surface area contributed by atoms with Crippen LogP contribution < -0.4 is 4.90 Å². The van der Waals surface area contributed by atoms with Gasteiger partial charge in [-0.15, -0.1) is 0 Å². The molecule has 0 atom stereocenters. The molecule has 0 aromatic heterocycles. The quantitative estimate of drug-likeness (QED) is 0.237. The molecule has 1 aliphatic carbocycles. The summed E-state index contributed by atoms with van der Waals surface area (Å²) in [6.07, 6.45) is 8.54. The molecule has 1 aromatic rings. The summed E-state index contributed by atoms with van der Waals surface area (Å²) in [6.45, 7) is 0. The minimum absolute atomic E-state index is 1.08. The number of benzene rings is 1. The number of halogens is 4. The maximum absolute atomic E-state index is 4.95. The topological polar surface area (TPSA) is 18.6 Å². The van der Waals surface area contributed by atoms with Gasteiger partial charge in [0.05, 0.1) is 0 Å². The number of nitrogens with zero attached hydrogens (tertiary/aromatic N) is 3. The van der Waals surface area contributed by atoms with Gasteiger partial charge in [0.1, 0.15) is 24.2 Å². The molecule has 0 N–H and O–H groups in total. The summed E-state index contributed by atoms with van der Waals surface area (Å²) in [5, 5.41) is 2.15. The predicted octanol–water partition coefficient (Wildman–Crippen LogP) is 6.70. The molecule has 0 saturated carbocycles. The molecule has 155 valence electrons. The van der Waals surface area contributed by atoms with Crippen molar-refractivity contribution >= 4 is 78.4 Å². The van der Waals surface area contributed by atoms with Crippen LogP contribution in [-0.2, 0) is 9.20 Å². The third-order valence-corrected chi connectivity index (χ3v) is 5.91. The Kier molecular flexibility index (Phi) is 9.37. The van der Waals surface area contributed by atoms with Crippen LogP contribution in [0.2, 0.25) is 0 Å². The van der Waals surface area contributed by atoms with Crippen molar-refractivity contribution in [3.63, 3.8) is 0 Å². The van der Waals surface area contributed by atoms with Crippen molar-refractivity contribution in [2.24, 2.45) is 4.99 Å². The van der Waals surface area contributed by atoms with Crippen molar-refractivity contribution in [3.8, 4) is 0 Å². The summed E-state index contributed by atoms with van der Waals surface area (Å²) in [4.78, 5) is 6.91. The molecule has 10 heteroatoms. The standard InChI is InChI=1S/C18H20N3S2.4ClH.Fe/c1-20(2)15-9-5-13(6-10-15)17-19-18(23-22-17)14-7-11-16(12-8-14)21(3)4;;;;;/h5-12H,1-4H3;4*1H;/q+1;;;;;+3/p-4. The summed E-state index contributed by atoms with van der Waals surface area (Å²) in [5.41, 5.74) is 4.75. The van der Waals surface area contributed by atoms with Gasteiger partial charge in [-0.2, -0.15) is 0 Å². The molecule has 1 aliphatic heterocycles. The zero-order valence-corrected chi connectivity index (χ0v) is 21.4. The molecular formula is C18H20Cl4FeN3S2. The average molecular weight is 540 g/mol. The first-order valence-corrected chi connectivity index (χ1v) is 16.2. The minimum atomic E-state index is -2.61. The van der Waals surface area contributed by atoms with Gasteiger partial charge in [-0.25, -0.2) is 9.57 Å². The van der Waals surface area contributed by atoms with Crippen molar-refractivity contribution in [1.29, 1.82) is 0 Å². The monoisotopic (exact) mass is 538 g/mol. The van der Waals surface area contributed by atoms with E-state index in [1.165, 1.54) is 22.5 Å². The van der Waals surface area contributed by atoms with E-state index in [9.17, 15) is 0 Å². The zero-order chi connectivity index (χ0) is 20.9. The number of allylic oxidation sites excluding steroid dienone is 5. The second kappa shape index (κ2) is 10.8. The molecular weight excluding hydrogens is 520 g/mol. The number of anilines is 1. The third kappa shape index (κ3) is 8.00. The first kappa shape index (κ1) is 24.2. The van der Waals surface area contributed by atoms with Crippen molar-refractivity contribution in [1.82, 2.24) is 0 Å². The molecule has 0 fully saturated rings. The van der Waals surface area contributed by atoms with Gasteiger partial charge in [0.25, 0.3) is 0 Å². The molecule has 0 radical (unpaired) electrons. The van der Waals surface area contributed by atoms with Gasteiger partial charge in [-0.3, -0.25) is 0 Å². The average Bonchev–Trinajstić information content (AvgIpc) is 3.10. The SMILES string of the molecule is CN(C)c1ccc(C2=NC(=C3C=CC(=[N+](C)C)C=C3)SS2)cc1.[Cl][Fe-]([Cl])([Cl])[Cl]. The van der Waals surface area contributed by atoms with Gasteiger partial charge in [-0.05, 0) is 45.9 Å². The molecule has 0 amide bonds. The van der Waals surface area contributed by atoms with Crippen LogP contribution in [0.3, 0.4) is 0 Å². The molecule has 3 rings (SSSR count). The number of rotatable bonds is 2. The summed E-state index contributed by atoms with van der Waals surface area (Å²) >= 11 is 0. The molecule has 0 saturated heterocycles. The molecule has 0 unspecified atom stereocenters. The molecule has 2 aliphatic rings. The molecule has 0 bridgehead atoms. The van der Waals surface area contributed by atoms with Crippen LogP contribution >= 0.6 is 62.0 Å². The molecule has 0 spiro atoms. The van der Waals surface area contributed by atoms with Crippen LogP contribution in [0.1, 0.15) is 5.56 Å². The molecule has 3 nitrogen and oxygen atoms in total. The first-order valence-electron chi connectivity index (χ1n) is 7.94. The predicted molar refractivity (Wildman–Crippen MR) is 128 cm³/mol. The maximum atomic E-state index is 4.95. The van der Waals surface area contributed by atoms with Crippen LogP contribution in [0.4, 0.5) is 5.69 Å². The summed E-state index contributed by atoms with van der Waals surface area (Å²) in [5.74, 6) is 0. The van der Waals surface area contributed by atoms with Gasteiger partial charge in [-0.1, -0.05) is 12.1 Å². The summed E-state index contributed by atoms with van der Waals surface area (Å²) in [6, 6.07) is 8.54. The molecule has 1 aromatic carbocycles. The van der Waals surface area contributed by atoms with E-state index in [-0.39, 0.29) is 0 Å². The Balaban J connectivity index is 0.000000500. The van der Waals surface area contributed by atoms with Gasteiger partial charge >= 0.3 is 49.6 Å². The normalized spacial score (nSPS) is 16.6. The van der Waals surface area contributed by atoms with Gasteiger partial charge in [0.15, 0.2) is 5.71 Å². The number of hydrogen-bond acceptors (Lipinski definition) is 4. The fourth-order valence-electron chi connectivity index (χ4n) is 2.24. The van der Waals surface area contributed by atoms with Crippen LogP contribution in [0.5, 0.6) is 0 Å². The second-order valence-corrected chi connectivity index (χ2v) is 19.1. The fourth-order valence-corrected chi connectivity index (χ4v) is 4.45. The molecule has 1 heterocycles. The van der Waals surface area contributed by atoms with Crippen molar-refractivity contribution in [2.75, 3.05) is 33.1 Å². The second-order valence-electron chi connectivity index (χ2n) is 6.07. The number of aliphatic imine (C=N–C) groups is 1. The fraction of sp³-hybridized carbons (Fsp3) is 0.222. The van der Waals surface area contributed by atoms with E-state index in [0.29, 0.717) is 0 Å². The summed E-state index contributed by atoms with van der Waals surface area (Å²) in [7, 11) is 28.9. The van der Waals surface area contributed by atoms with Gasteiger partial charge < -0.3 is 4.90 Å². The van der Waals surface area contributed by atoms with Crippen molar-refractivity contribution in [3.05, 3.63) is 64.7 Å². The Labute approximate surface area is 193 Å². The van der Waals surface area contributed by atoms with E-state index < -0.39 is 9.20 Å². The van der Waals surface area contributed by atoms with E-state index in [1.54, 1.807) is 21.6 Å². The van der Waals surface area contributed by atoms with Crippen LogP contribution in [0.15, 0.2) is 64.2 Å². The Morgan fingerprint density at radius 2 is 1.43 bits per heavy atom. The third-order valence-electron chi connectivity index (χ3n) is 3.66. The van der Waals surface area contributed by atoms with E-state index >= 15 is 0 Å². The van der Waals surface area contributed by atoms with E-state index in [4.69, 9.17) is 45.4 Å². The van der Waals surface area contributed by atoms with Crippen molar-refractivity contribution in [2.45, 2.75) is 0 Å². The van der Waals surface area contributed by atoms with Gasteiger partial charge in [0, 0.05) is 43.1 Å². The Hall–Kier alpha value is -0.0405. The first-order chi connectivity index (χ1) is 13.0. The van der Waals surface area contributed by atoms with Crippen LogP contribution in [-0.4, -0.2) is 43.5 Å². The Morgan fingerprint density at radius 3 is 1.89 bits per heavy atom. The van der Waals surface area contributed by atoms with Crippen LogP contribution in [0, 0.1) is 0 Å².